The molecule has 0 saturated carbocycles. The Hall–Kier alpha value is -1.37. The third kappa shape index (κ3) is 2.84. The predicted octanol–water partition coefficient (Wildman–Crippen LogP) is 0.681. The highest BCUT2D eigenvalue weighted by Gasteiger charge is 2.32. The van der Waals surface area contributed by atoms with Gasteiger partial charge in [0.1, 0.15) is 0 Å². The molecule has 3 rings (SSSR count). The van der Waals surface area contributed by atoms with E-state index in [-0.39, 0.29) is 29.5 Å². The smallest absolute Gasteiger partial charge is 0.220 e. The molecule has 1 N–H and O–H groups in total. The number of rotatable bonds is 3. The Morgan fingerprint density at radius 3 is 2.67 bits per heavy atom. The molecule has 7 heteroatoms. The summed E-state index contributed by atoms with van der Waals surface area (Å²) in [4.78, 5) is 11.3. The van der Waals surface area contributed by atoms with Gasteiger partial charge in [-0.05, 0) is 38.7 Å². The van der Waals surface area contributed by atoms with E-state index in [1.165, 1.54) is 0 Å². The lowest BCUT2D eigenvalue weighted by atomic mass is 10.0. The molecule has 0 bridgehead atoms. The van der Waals surface area contributed by atoms with Crippen LogP contribution in [-0.4, -0.2) is 41.7 Å². The van der Waals surface area contributed by atoms with Gasteiger partial charge >= 0.3 is 0 Å². The Morgan fingerprint density at radius 1 is 1.33 bits per heavy atom. The zero-order valence-corrected chi connectivity index (χ0v) is 13.2. The molecule has 2 aliphatic heterocycles. The van der Waals surface area contributed by atoms with Gasteiger partial charge in [0.2, 0.25) is 5.91 Å². The SMILES string of the molecule is Cc1nn([C@@H]2CCS(=O)(=O)C2)c(C)c1C[C@H]1CCC(=O)N1. The molecule has 1 amide bonds. The Balaban J connectivity index is 1.82. The first kappa shape index (κ1) is 14.6. The molecule has 2 aliphatic rings. The van der Waals surface area contributed by atoms with Crippen LogP contribution in [0.5, 0.6) is 0 Å². The van der Waals surface area contributed by atoms with E-state index < -0.39 is 9.84 Å². The maximum atomic E-state index is 11.6. The summed E-state index contributed by atoms with van der Waals surface area (Å²) >= 11 is 0. The van der Waals surface area contributed by atoms with Gasteiger partial charge in [0.15, 0.2) is 9.84 Å². The summed E-state index contributed by atoms with van der Waals surface area (Å²) in [7, 11) is -2.91. The van der Waals surface area contributed by atoms with Gasteiger partial charge in [0.05, 0.1) is 23.2 Å². The molecule has 0 unspecified atom stereocenters. The quantitative estimate of drug-likeness (QED) is 0.890. The van der Waals surface area contributed by atoms with Crippen LogP contribution >= 0.6 is 0 Å². The number of carbonyl (C=O) groups is 1. The lowest BCUT2D eigenvalue weighted by Gasteiger charge is -2.13. The summed E-state index contributed by atoms with van der Waals surface area (Å²) in [6, 6.07) is 0.139. The van der Waals surface area contributed by atoms with Crippen molar-refractivity contribution in [3.63, 3.8) is 0 Å². The highest BCUT2D eigenvalue weighted by atomic mass is 32.2. The number of nitrogens with one attached hydrogen (secondary N) is 1. The summed E-state index contributed by atoms with van der Waals surface area (Å²) < 4.78 is 25.2. The number of aromatic nitrogens is 2. The van der Waals surface area contributed by atoms with Crippen LogP contribution in [0.15, 0.2) is 0 Å². The maximum absolute atomic E-state index is 11.6. The van der Waals surface area contributed by atoms with Crippen LogP contribution in [0.4, 0.5) is 0 Å². The van der Waals surface area contributed by atoms with Gasteiger partial charge in [-0.25, -0.2) is 8.42 Å². The van der Waals surface area contributed by atoms with Crippen LogP contribution < -0.4 is 5.32 Å². The third-order valence-electron chi connectivity index (χ3n) is 4.56. The summed E-state index contributed by atoms with van der Waals surface area (Å²) in [6.45, 7) is 3.95. The van der Waals surface area contributed by atoms with Crippen molar-refractivity contribution in [1.29, 1.82) is 0 Å². The van der Waals surface area contributed by atoms with E-state index in [0.29, 0.717) is 12.8 Å². The largest absolute Gasteiger partial charge is 0.353 e. The fourth-order valence-corrected chi connectivity index (χ4v) is 5.09. The average Bonchev–Trinajstić information content (AvgIpc) is 3.04. The normalized spacial score (nSPS) is 28.0. The molecule has 0 radical (unpaired) electrons. The fourth-order valence-electron chi connectivity index (χ4n) is 3.39. The van der Waals surface area contributed by atoms with E-state index >= 15 is 0 Å². The molecule has 2 fully saturated rings. The van der Waals surface area contributed by atoms with Crippen molar-refractivity contribution in [2.45, 2.75) is 51.6 Å². The summed E-state index contributed by atoms with van der Waals surface area (Å²) in [5, 5.41) is 7.54. The first-order valence-electron chi connectivity index (χ1n) is 7.40. The Morgan fingerprint density at radius 2 is 2.10 bits per heavy atom. The Bertz CT molecular complexity index is 678. The van der Waals surface area contributed by atoms with Gasteiger partial charge in [0.25, 0.3) is 0 Å². The third-order valence-corrected chi connectivity index (χ3v) is 6.31. The molecule has 21 heavy (non-hydrogen) atoms. The second kappa shape index (κ2) is 5.12. The van der Waals surface area contributed by atoms with E-state index in [2.05, 4.69) is 10.4 Å². The lowest BCUT2D eigenvalue weighted by molar-refractivity contribution is -0.119. The first-order chi connectivity index (χ1) is 9.85. The van der Waals surface area contributed by atoms with Gasteiger partial charge < -0.3 is 5.32 Å². The molecule has 2 atom stereocenters. The standard InChI is InChI=1S/C14H21N3O3S/c1-9-13(7-11-3-4-14(18)15-11)10(2)17(16-9)12-5-6-21(19,20)8-12/h11-12H,3-8H2,1-2H3,(H,15,18)/t11-,12-/m1/s1. The van der Waals surface area contributed by atoms with E-state index in [1.807, 2.05) is 18.5 Å². The number of amides is 1. The van der Waals surface area contributed by atoms with E-state index in [9.17, 15) is 13.2 Å². The first-order valence-corrected chi connectivity index (χ1v) is 9.22. The number of hydrogen-bond acceptors (Lipinski definition) is 4. The second-order valence-corrected chi connectivity index (χ2v) is 8.39. The molecular formula is C14H21N3O3S. The van der Waals surface area contributed by atoms with Crippen LogP contribution in [0.1, 0.15) is 42.3 Å². The molecule has 2 saturated heterocycles. The van der Waals surface area contributed by atoms with Gasteiger partial charge in [-0.3, -0.25) is 9.48 Å². The predicted molar refractivity (Wildman–Crippen MR) is 78.9 cm³/mol. The minimum absolute atomic E-state index is 0.0411. The van der Waals surface area contributed by atoms with Crippen molar-refractivity contribution in [2.75, 3.05) is 11.5 Å². The van der Waals surface area contributed by atoms with Crippen molar-refractivity contribution in [2.24, 2.45) is 0 Å². The highest BCUT2D eigenvalue weighted by molar-refractivity contribution is 7.91. The van der Waals surface area contributed by atoms with E-state index in [1.54, 1.807) is 0 Å². The molecule has 6 nitrogen and oxygen atoms in total. The lowest BCUT2D eigenvalue weighted by Crippen LogP contribution is -2.27. The number of hydrogen-bond donors (Lipinski definition) is 1. The zero-order valence-electron chi connectivity index (χ0n) is 12.4. The fraction of sp³-hybridized carbons (Fsp3) is 0.714. The molecular weight excluding hydrogens is 290 g/mol. The van der Waals surface area contributed by atoms with Crippen LogP contribution in [0.25, 0.3) is 0 Å². The Labute approximate surface area is 124 Å². The van der Waals surface area contributed by atoms with Gasteiger partial charge in [-0.2, -0.15) is 5.10 Å². The Kier molecular flexibility index (Phi) is 3.55. The topological polar surface area (TPSA) is 81.1 Å². The van der Waals surface area contributed by atoms with Crippen molar-refractivity contribution < 1.29 is 13.2 Å². The molecule has 3 heterocycles. The molecule has 0 aromatic carbocycles. The van der Waals surface area contributed by atoms with E-state index in [4.69, 9.17) is 0 Å². The summed E-state index contributed by atoms with van der Waals surface area (Å²) in [5.74, 6) is 0.558. The van der Waals surface area contributed by atoms with Crippen LogP contribution in [0, 0.1) is 13.8 Å². The zero-order chi connectivity index (χ0) is 15.2. The second-order valence-electron chi connectivity index (χ2n) is 6.16. The summed E-state index contributed by atoms with van der Waals surface area (Å²) in [6.07, 6.45) is 2.88. The minimum atomic E-state index is -2.91. The molecule has 1 aromatic rings. The average molecular weight is 311 g/mol. The highest BCUT2D eigenvalue weighted by Crippen LogP contribution is 2.27. The molecule has 1 aromatic heterocycles. The van der Waals surface area contributed by atoms with Crippen molar-refractivity contribution in [3.05, 3.63) is 17.0 Å². The van der Waals surface area contributed by atoms with Gasteiger partial charge in [0, 0.05) is 18.2 Å². The van der Waals surface area contributed by atoms with Gasteiger partial charge in [-0.1, -0.05) is 0 Å². The number of nitrogens with zero attached hydrogens (tertiary/aromatic N) is 2. The maximum Gasteiger partial charge on any atom is 0.220 e. The summed E-state index contributed by atoms with van der Waals surface area (Å²) in [5.41, 5.74) is 3.13. The number of aryl methyl sites for hydroxylation is 1. The molecule has 0 spiro atoms. The van der Waals surface area contributed by atoms with Crippen LogP contribution in [0.3, 0.4) is 0 Å². The van der Waals surface area contributed by atoms with Crippen LogP contribution in [-0.2, 0) is 21.1 Å². The molecule has 0 aliphatic carbocycles. The number of carbonyl (C=O) groups excluding carboxylic acids is 1. The van der Waals surface area contributed by atoms with E-state index in [0.717, 1.165) is 29.8 Å². The monoisotopic (exact) mass is 311 g/mol. The van der Waals surface area contributed by atoms with Gasteiger partial charge in [-0.15, -0.1) is 0 Å². The van der Waals surface area contributed by atoms with Crippen molar-refractivity contribution in [3.8, 4) is 0 Å². The minimum Gasteiger partial charge on any atom is -0.353 e. The van der Waals surface area contributed by atoms with Crippen molar-refractivity contribution >= 4 is 15.7 Å². The van der Waals surface area contributed by atoms with Crippen molar-refractivity contribution in [1.82, 2.24) is 15.1 Å². The molecule has 116 valence electrons. The number of sulfone groups is 1. The van der Waals surface area contributed by atoms with Crippen LogP contribution in [0.2, 0.25) is 0 Å².